The lowest BCUT2D eigenvalue weighted by atomic mass is 9.96. The largest absolute Gasteiger partial charge is 0.496 e. The Bertz CT molecular complexity index is 831. The summed E-state index contributed by atoms with van der Waals surface area (Å²) in [5.74, 6) is 0.569. The van der Waals surface area contributed by atoms with Gasteiger partial charge in [-0.15, -0.1) is 0 Å². The molecular weight excluding hydrogens is 302 g/mol. The first kappa shape index (κ1) is 17.1. The lowest BCUT2D eigenvalue weighted by Crippen LogP contribution is -2.15. The van der Waals surface area contributed by atoms with Gasteiger partial charge >= 0.3 is 0 Å². The SMILES string of the molecule is COc1ccccc1[C@H](C)CC(=O)Nc1ccc(C#N)c(C#N)c1. The van der Waals surface area contributed by atoms with E-state index in [2.05, 4.69) is 5.32 Å². The van der Waals surface area contributed by atoms with Gasteiger partial charge in [0.1, 0.15) is 17.9 Å². The average molecular weight is 319 g/mol. The van der Waals surface area contributed by atoms with Gasteiger partial charge in [-0.1, -0.05) is 25.1 Å². The first-order chi connectivity index (χ1) is 11.6. The van der Waals surface area contributed by atoms with Gasteiger partial charge < -0.3 is 10.1 Å². The van der Waals surface area contributed by atoms with Crippen molar-refractivity contribution in [2.45, 2.75) is 19.3 Å². The molecule has 0 aliphatic rings. The van der Waals surface area contributed by atoms with Crippen molar-refractivity contribution in [2.75, 3.05) is 12.4 Å². The molecule has 0 saturated carbocycles. The molecule has 0 saturated heterocycles. The maximum atomic E-state index is 12.3. The van der Waals surface area contributed by atoms with E-state index < -0.39 is 0 Å². The number of amides is 1. The third-order valence-electron chi connectivity index (χ3n) is 3.71. The number of ether oxygens (including phenoxy) is 1. The first-order valence-corrected chi connectivity index (χ1v) is 7.46. The van der Waals surface area contributed by atoms with E-state index in [0.29, 0.717) is 5.69 Å². The van der Waals surface area contributed by atoms with E-state index in [9.17, 15) is 4.79 Å². The van der Waals surface area contributed by atoms with Gasteiger partial charge in [0, 0.05) is 12.1 Å². The highest BCUT2D eigenvalue weighted by Crippen LogP contribution is 2.28. The third kappa shape index (κ3) is 3.91. The van der Waals surface area contributed by atoms with Gasteiger partial charge in [-0.3, -0.25) is 4.79 Å². The number of benzene rings is 2. The number of carbonyl (C=O) groups excluding carboxylic acids is 1. The van der Waals surface area contributed by atoms with Gasteiger partial charge in [-0.05, 0) is 35.7 Å². The summed E-state index contributed by atoms with van der Waals surface area (Å²) < 4.78 is 5.32. The molecule has 1 atom stereocenters. The van der Waals surface area contributed by atoms with E-state index in [4.69, 9.17) is 15.3 Å². The summed E-state index contributed by atoms with van der Waals surface area (Å²) in [6, 6.07) is 16.1. The van der Waals surface area contributed by atoms with E-state index >= 15 is 0 Å². The highest BCUT2D eigenvalue weighted by molar-refractivity contribution is 5.91. The molecule has 0 fully saturated rings. The molecule has 0 unspecified atom stereocenters. The molecular formula is C19H17N3O2. The van der Waals surface area contributed by atoms with Gasteiger partial charge in [-0.25, -0.2) is 0 Å². The molecule has 2 aromatic rings. The molecule has 5 nitrogen and oxygen atoms in total. The molecule has 0 aliphatic carbocycles. The fourth-order valence-electron chi connectivity index (χ4n) is 2.49. The maximum Gasteiger partial charge on any atom is 0.224 e. The Morgan fingerprint density at radius 3 is 2.54 bits per heavy atom. The van der Waals surface area contributed by atoms with Crippen LogP contribution in [0.5, 0.6) is 5.75 Å². The van der Waals surface area contributed by atoms with Crippen LogP contribution in [0.25, 0.3) is 0 Å². The second kappa shape index (κ2) is 7.80. The predicted molar refractivity (Wildman–Crippen MR) is 90.5 cm³/mol. The van der Waals surface area contributed by atoms with Crippen LogP contribution in [0.2, 0.25) is 0 Å². The number of carbonyl (C=O) groups is 1. The molecule has 0 aliphatic heterocycles. The summed E-state index contributed by atoms with van der Waals surface area (Å²) in [4.78, 5) is 12.3. The molecule has 0 heterocycles. The Kier molecular flexibility index (Phi) is 5.54. The van der Waals surface area contributed by atoms with Crippen LogP contribution in [0.1, 0.15) is 36.0 Å². The molecule has 0 spiro atoms. The quantitative estimate of drug-likeness (QED) is 0.912. The topological polar surface area (TPSA) is 85.9 Å². The summed E-state index contributed by atoms with van der Waals surface area (Å²) in [5.41, 5.74) is 2.00. The summed E-state index contributed by atoms with van der Waals surface area (Å²) in [5, 5.41) is 20.7. The Morgan fingerprint density at radius 1 is 1.17 bits per heavy atom. The average Bonchev–Trinajstić information content (AvgIpc) is 2.61. The number of rotatable bonds is 5. The van der Waals surface area contributed by atoms with Crippen molar-refractivity contribution >= 4 is 11.6 Å². The summed E-state index contributed by atoms with van der Waals surface area (Å²) in [6.07, 6.45) is 0.280. The number of nitrogens with one attached hydrogen (secondary N) is 1. The predicted octanol–water partition coefficient (Wildman–Crippen LogP) is 3.57. The van der Waals surface area contributed by atoms with Gasteiger partial charge in [0.2, 0.25) is 5.91 Å². The van der Waals surface area contributed by atoms with Crippen LogP contribution in [-0.4, -0.2) is 13.0 Å². The second-order valence-electron chi connectivity index (χ2n) is 5.38. The number of para-hydroxylation sites is 1. The second-order valence-corrected chi connectivity index (χ2v) is 5.38. The fourth-order valence-corrected chi connectivity index (χ4v) is 2.49. The molecule has 1 amide bonds. The minimum atomic E-state index is -0.165. The van der Waals surface area contributed by atoms with Crippen molar-refractivity contribution in [1.29, 1.82) is 10.5 Å². The summed E-state index contributed by atoms with van der Waals surface area (Å²) in [7, 11) is 1.60. The normalized spacial score (nSPS) is 11.0. The van der Waals surface area contributed by atoms with E-state index in [1.165, 1.54) is 12.1 Å². The smallest absolute Gasteiger partial charge is 0.224 e. The van der Waals surface area contributed by atoms with Crippen LogP contribution < -0.4 is 10.1 Å². The third-order valence-corrected chi connectivity index (χ3v) is 3.71. The molecule has 1 N–H and O–H groups in total. The Morgan fingerprint density at radius 2 is 1.88 bits per heavy atom. The number of anilines is 1. The standard InChI is InChI=1S/C19H17N3O2/c1-13(17-5-3-4-6-18(17)24-2)9-19(23)22-16-8-7-14(11-20)15(10-16)12-21/h3-8,10,13H,9H2,1-2H3,(H,22,23)/t13-/m1/s1. The summed E-state index contributed by atoms with van der Waals surface area (Å²) in [6.45, 7) is 1.96. The lowest BCUT2D eigenvalue weighted by molar-refractivity contribution is -0.116. The molecule has 0 radical (unpaired) electrons. The van der Waals surface area contributed by atoms with Gasteiger partial charge in [-0.2, -0.15) is 10.5 Å². The monoisotopic (exact) mass is 319 g/mol. The number of nitriles is 2. The molecule has 2 aromatic carbocycles. The van der Waals surface area contributed by atoms with Crippen LogP contribution in [-0.2, 0) is 4.79 Å². The number of hydrogen-bond acceptors (Lipinski definition) is 4. The minimum Gasteiger partial charge on any atom is -0.496 e. The van der Waals surface area contributed by atoms with Crippen molar-refractivity contribution in [2.24, 2.45) is 0 Å². The molecule has 2 rings (SSSR count). The Hall–Kier alpha value is -3.31. The van der Waals surface area contributed by atoms with Crippen molar-refractivity contribution in [3.63, 3.8) is 0 Å². The highest BCUT2D eigenvalue weighted by Gasteiger charge is 2.15. The number of nitrogens with zero attached hydrogens (tertiary/aromatic N) is 2. The fraction of sp³-hybridized carbons (Fsp3) is 0.211. The van der Waals surface area contributed by atoms with Gasteiger partial charge in [0.25, 0.3) is 0 Å². The van der Waals surface area contributed by atoms with E-state index in [0.717, 1.165) is 11.3 Å². The van der Waals surface area contributed by atoms with E-state index in [1.54, 1.807) is 13.2 Å². The zero-order valence-corrected chi connectivity index (χ0v) is 13.5. The zero-order valence-electron chi connectivity index (χ0n) is 13.5. The van der Waals surface area contributed by atoms with Crippen LogP contribution in [0.3, 0.4) is 0 Å². The van der Waals surface area contributed by atoms with Gasteiger partial charge in [0.15, 0.2) is 0 Å². The molecule has 120 valence electrons. The molecule has 24 heavy (non-hydrogen) atoms. The van der Waals surface area contributed by atoms with Crippen molar-refractivity contribution in [1.82, 2.24) is 0 Å². The first-order valence-electron chi connectivity index (χ1n) is 7.46. The minimum absolute atomic E-state index is 0.0185. The Labute approximate surface area is 141 Å². The van der Waals surface area contributed by atoms with Crippen LogP contribution in [0.4, 0.5) is 5.69 Å². The molecule has 0 aromatic heterocycles. The highest BCUT2D eigenvalue weighted by atomic mass is 16.5. The lowest BCUT2D eigenvalue weighted by Gasteiger charge is -2.15. The Balaban J connectivity index is 2.08. The van der Waals surface area contributed by atoms with E-state index in [1.807, 2.05) is 43.3 Å². The van der Waals surface area contributed by atoms with Crippen molar-refractivity contribution in [3.05, 3.63) is 59.2 Å². The zero-order chi connectivity index (χ0) is 17.5. The van der Waals surface area contributed by atoms with Crippen molar-refractivity contribution in [3.8, 4) is 17.9 Å². The van der Waals surface area contributed by atoms with Crippen LogP contribution >= 0.6 is 0 Å². The number of hydrogen-bond donors (Lipinski definition) is 1. The van der Waals surface area contributed by atoms with Crippen LogP contribution in [0.15, 0.2) is 42.5 Å². The van der Waals surface area contributed by atoms with Gasteiger partial charge in [0.05, 0.1) is 18.2 Å². The molecule has 0 bridgehead atoms. The maximum absolute atomic E-state index is 12.3. The van der Waals surface area contributed by atoms with E-state index in [-0.39, 0.29) is 29.4 Å². The molecule has 5 heteroatoms. The summed E-state index contributed by atoms with van der Waals surface area (Å²) >= 11 is 0. The number of methoxy groups -OCH3 is 1. The van der Waals surface area contributed by atoms with Crippen molar-refractivity contribution < 1.29 is 9.53 Å². The van der Waals surface area contributed by atoms with Crippen LogP contribution in [0, 0.1) is 22.7 Å².